The van der Waals surface area contributed by atoms with Crippen LogP contribution in [0.15, 0.2) is 30.5 Å². The maximum absolute atomic E-state index is 12.2. The van der Waals surface area contributed by atoms with Gasteiger partial charge in [0, 0.05) is 12.2 Å². The molecule has 2 N–H and O–H groups in total. The molecule has 0 saturated heterocycles. The number of esters is 1. The number of hydrogen-bond acceptors (Lipinski definition) is 3. The fourth-order valence-corrected chi connectivity index (χ4v) is 2.21. The molecular formula is C17H22N2O2. The van der Waals surface area contributed by atoms with Gasteiger partial charge in [-0.15, -0.1) is 0 Å². The molecule has 112 valence electrons. The van der Waals surface area contributed by atoms with Gasteiger partial charge in [-0.05, 0) is 50.5 Å². The first kappa shape index (κ1) is 15.2. The van der Waals surface area contributed by atoms with Crippen molar-refractivity contribution in [2.45, 2.75) is 40.3 Å². The Bertz CT molecular complexity index is 657. The molecule has 0 amide bonds. The molecule has 0 atom stereocenters. The molecule has 1 aromatic carbocycles. The number of carbonyl (C=O) groups is 1. The Morgan fingerprint density at radius 1 is 1.24 bits per heavy atom. The van der Waals surface area contributed by atoms with E-state index in [2.05, 4.69) is 6.92 Å². The number of ether oxygens (including phenoxy) is 1. The highest BCUT2D eigenvalue weighted by atomic mass is 16.5. The van der Waals surface area contributed by atoms with Gasteiger partial charge in [-0.2, -0.15) is 0 Å². The van der Waals surface area contributed by atoms with Gasteiger partial charge in [-0.25, -0.2) is 4.79 Å². The van der Waals surface area contributed by atoms with Crippen molar-refractivity contribution in [2.24, 2.45) is 0 Å². The lowest BCUT2D eigenvalue weighted by atomic mass is 10.1. The molecule has 2 aromatic rings. The summed E-state index contributed by atoms with van der Waals surface area (Å²) >= 11 is 0. The molecular weight excluding hydrogens is 264 g/mol. The summed E-state index contributed by atoms with van der Waals surface area (Å²) < 4.78 is 7.23. The average Bonchev–Trinajstić information content (AvgIpc) is 2.82. The van der Waals surface area contributed by atoms with Crippen molar-refractivity contribution in [2.75, 3.05) is 5.73 Å². The van der Waals surface area contributed by atoms with Gasteiger partial charge in [0.15, 0.2) is 0 Å². The van der Waals surface area contributed by atoms with Gasteiger partial charge in [0.05, 0.1) is 5.69 Å². The minimum absolute atomic E-state index is 0.159. The molecule has 0 fully saturated rings. The van der Waals surface area contributed by atoms with Gasteiger partial charge in [0.25, 0.3) is 0 Å². The van der Waals surface area contributed by atoms with Crippen LogP contribution in [0.2, 0.25) is 0 Å². The maximum atomic E-state index is 12.2. The summed E-state index contributed by atoms with van der Waals surface area (Å²) in [6, 6.07) is 7.87. The standard InChI is InChI=1S/C17H22N2O2/c1-11(2)19-9-15(18)8-16(19)17(20)21-10-14-6-5-12(3)13(4)7-14/h5-9,11H,10,18H2,1-4H3. The van der Waals surface area contributed by atoms with Crippen LogP contribution in [0.4, 0.5) is 5.69 Å². The number of nitrogen functional groups attached to an aromatic ring is 1. The lowest BCUT2D eigenvalue weighted by molar-refractivity contribution is 0.0458. The molecule has 0 saturated carbocycles. The second-order valence-electron chi connectivity index (χ2n) is 5.65. The molecule has 0 spiro atoms. The molecule has 21 heavy (non-hydrogen) atoms. The Labute approximate surface area is 125 Å². The van der Waals surface area contributed by atoms with E-state index in [0.717, 1.165) is 5.56 Å². The van der Waals surface area contributed by atoms with E-state index in [0.29, 0.717) is 11.4 Å². The maximum Gasteiger partial charge on any atom is 0.355 e. The first-order chi connectivity index (χ1) is 9.88. The van der Waals surface area contributed by atoms with E-state index in [4.69, 9.17) is 10.5 Å². The minimum Gasteiger partial charge on any atom is -0.456 e. The highest BCUT2D eigenvalue weighted by Gasteiger charge is 2.16. The smallest absolute Gasteiger partial charge is 0.355 e. The Balaban J connectivity index is 2.10. The van der Waals surface area contributed by atoms with E-state index in [-0.39, 0.29) is 18.6 Å². The topological polar surface area (TPSA) is 57.2 Å². The number of anilines is 1. The van der Waals surface area contributed by atoms with Gasteiger partial charge in [0.2, 0.25) is 0 Å². The molecule has 1 aromatic heterocycles. The zero-order valence-corrected chi connectivity index (χ0v) is 13.0. The van der Waals surface area contributed by atoms with Crippen LogP contribution in [0.3, 0.4) is 0 Å². The van der Waals surface area contributed by atoms with Crippen LogP contribution in [0.1, 0.15) is 47.1 Å². The van der Waals surface area contributed by atoms with Gasteiger partial charge in [-0.1, -0.05) is 18.2 Å². The molecule has 0 bridgehead atoms. The monoisotopic (exact) mass is 286 g/mol. The number of rotatable bonds is 4. The summed E-state index contributed by atoms with van der Waals surface area (Å²) in [5.74, 6) is -0.348. The molecule has 0 aliphatic heterocycles. The predicted octanol–water partition coefficient (Wildman–Crippen LogP) is 3.63. The van der Waals surface area contributed by atoms with E-state index >= 15 is 0 Å². The Morgan fingerprint density at radius 3 is 2.57 bits per heavy atom. The number of benzene rings is 1. The van der Waals surface area contributed by atoms with Crippen molar-refractivity contribution in [1.29, 1.82) is 0 Å². The van der Waals surface area contributed by atoms with Crippen molar-refractivity contribution < 1.29 is 9.53 Å². The number of nitrogens with two attached hydrogens (primary N) is 1. The van der Waals surface area contributed by atoms with E-state index < -0.39 is 0 Å². The van der Waals surface area contributed by atoms with Crippen molar-refractivity contribution in [1.82, 2.24) is 4.57 Å². The Hall–Kier alpha value is -2.23. The van der Waals surface area contributed by atoms with Gasteiger partial charge in [0.1, 0.15) is 12.3 Å². The largest absolute Gasteiger partial charge is 0.456 e. The number of carbonyl (C=O) groups excluding carboxylic acids is 1. The third-order valence-electron chi connectivity index (χ3n) is 3.58. The number of aromatic nitrogens is 1. The highest BCUT2D eigenvalue weighted by molar-refractivity contribution is 5.89. The molecule has 0 aliphatic carbocycles. The zero-order chi connectivity index (χ0) is 15.6. The quantitative estimate of drug-likeness (QED) is 0.873. The Morgan fingerprint density at radius 2 is 1.95 bits per heavy atom. The number of nitrogens with zero attached hydrogens (tertiary/aromatic N) is 1. The molecule has 1 heterocycles. The van der Waals surface area contributed by atoms with Crippen LogP contribution >= 0.6 is 0 Å². The minimum atomic E-state index is -0.348. The van der Waals surface area contributed by atoms with Crippen molar-refractivity contribution in [3.63, 3.8) is 0 Å². The number of hydrogen-bond donors (Lipinski definition) is 1. The second-order valence-corrected chi connectivity index (χ2v) is 5.65. The molecule has 4 nitrogen and oxygen atoms in total. The van der Waals surface area contributed by atoms with Gasteiger partial charge in [-0.3, -0.25) is 0 Å². The lowest BCUT2D eigenvalue weighted by Crippen LogP contribution is -2.13. The highest BCUT2D eigenvalue weighted by Crippen LogP contribution is 2.18. The summed E-state index contributed by atoms with van der Waals surface area (Å²) in [6.45, 7) is 8.37. The third-order valence-corrected chi connectivity index (χ3v) is 3.58. The predicted molar refractivity (Wildman–Crippen MR) is 84.3 cm³/mol. The number of aryl methyl sites for hydroxylation is 2. The van der Waals surface area contributed by atoms with E-state index in [1.54, 1.807) is 12.3 Å². The summed E-state index contributed by atoms with van der Waals surface area (Å²) in [5, 5.41) is 0. The van der Waals surface area contributed by atoms with E-state index in [1.165, 1.54) is 11.1 Å². The molecule has 0 aliphatic rings. The van der Waals surface area contributed by atoms with Gasteiger partial charge < -0.3 is 15.0 Å². The first-order valence-electron chi connectivity index (χ1n) is 7.09. The van der Waals surface area contributed by atoms with Crippen LogP contribution in [-0.2, 0) is 11.3 Å². The van der Waals surface area contributed by atoms with E-state index in [9.17, 15) is 4.79 Å². The normalized spacial score (nSPS) is 10.9. The van der Waals surface area contributed by atoms with Crippen LogP contribution in [0.5, 0.6) is 0 Å². The summed E-state index contributed by atoms with van der Waals surface area (Å²) in [4.78, 5) is 12.2. The van der Waals surface area contributed by atoms with Crippen molar-refractivity contribution >= 4 is 11.7 Å². The van der Waals surface area contributed by atoms with Crippen LogP contribution in [0, 0.1) is 13.8 Å². The zero-order valence-electron chi connectivity index (χ0n) is 13.0. The lowest BCUT2D eigenvalue weighted by Gasteiger charge is -2.12. The van der Waals surface area contributed by atoms with Crippen LogP contribution < -0.4 is 5.73 Å². The molecule has 2 rings (SSSR count). The van der Waals surface area contributed by atoms with E-state index in [1.807, 2.05) is 43.5 Å². The van der Waals surface area contributed by atoms with Gasteiger partial charge >= 0.3 is 5.97 Å². The average molecular weight is 286 g/mol. The van der Waals surface area contributed by atoms with Crippen LogP contribution in [-0.4, -0.2) is 10.5 Å². The third kappa shape index (κ3) is 3.45. The van der Waals surface area contributed by atoms with Crippen molar-refractivity contribution in [3.8, 4) is 0 Å². The Kier molecular flexibility index (Phi) is 4.36. The molecule has 4 heteroatoms. The van der Waals surface area contributed by atoms with Crippen LogP contribution in [0.25, 0.3) is 0 Å². The molecule has 0 unspecified atom stereocenters. The second kappa shape index (κ2) is 6.04. The first-order valence-corrected chi connectivity index (χ1v) is 7.09. The SMILES string of the molecule is Cc1ccc(COC(=O)c2cc(N)cn2C(C)C)cc1C. The fraction of sp³-hybridized carbons (Fsp3) is 0.353. The summed E-state index contributed by atoms with van der Waals surface area (Å²) in [5.41, 5.74) is 10.2. The summed E-state index contributed by atoms with van der Waals surface area (Å²) in [6.07, 6.45) is 1.76. The summed E-state index contributed by atoms with van der Waals surface area (Å²) in [7, 11) is 0. The molecule has 0 radical (unpaired) electrons. The fourth-order valence-electron chi connectivity index (χ4n) is 2.21. The van der Waals surface area contributed by atoms with Crippen molar-refractivity contribution in [3.05, 3.63) is 52.8 Å².